The molecule has 1 aromatic heterocycles. The highest BCUT2D eigenvalue weighted by Gasteiger charge is 2.36. The first-order valence-electron chi connectivity index (χ1n) is 12.8. The number of pyridine rings is 1. The third-order valence-electron chi connectivity index (χ3n) is 6.77. The van der Waals surface area contributed by atoms with Crippen LogP contribution >= 0.6 is 0 Å². The number of rotatable bonds is 10. The fourth-order valence-electron chi connectivity index (χ4n) is 4.79. The summed E-state index contributed by atoms with van der Waals surface area (Å²) >= 11 is 0. The van der Waals surface area contributed by atoms with Gasteiger partial charge in [-0.25, -0.2) is 4.79 Å². The number of hydrogen-bond acceptors (Lipinski definition) is 4. The second kappa shape index (κ2) is 13.4. The molecule has 1 aliphatic heterocycles. The number of benzene rings is 2. The van der Waals surface area contributed by atoms with E-state index in [0.29, 0.717) is 26.1 Å². The van der Waals surface area contributed by atoms with Crippen molar-refractivity contribution in [2.45, 2.75) is 31.3 Å². The molecule has 192 valence electrons. The van der Waals surface area contributed by atoms with Crippen LogP contribution in [-0.2, 0) is 17.6 Å². The second-order valence-corrected chi connectivity index (χ2v) is 9.35. The van der Waals surface area contributed by atoms with Gasteiger partial charge in [-0.1, -0.05) is 72.8 Å². The highest BCUT2D eigenvalue weighted by Crippen LogP contribution is 2.20. The average Bonchev–Trinajstić information content (AvgIpc) is 2.94. The first kappa shape index (κ1) is 26.1. The number of nitrogens with two attached hydrogens (primary N) is 1. The van der Waals surface area contributed by atoms with Crippen molar-refractivity contribution >= 4 is 18.0 Å². The van der Waals surface area contributed by atoms with Crippen LogP contribution in [0.25, 0.3) is 6.08 Å². The van der Waals surface area contributed by atoms with E-state index in [1.165, 1.54) is 5.56 Å². The van der Waals surface area contributed by atoms with Crippen molar-refractivity contribution in [2.24, 2.45) is 11.7 Å². The molecule has 2 heterocycles. The first-order chi connectivity index (χ1) is 18.1. The molecule has 3 aromatic rings. The largest absolute Gasteiger partial charge is 0.351 e. The van der Waals surface area contributed by atoms with Gasteiger partial charge >= 0.3 is 6.03 Å². The van der Waals surface area contributed by atoms with Gasteiger partial charge in [-0.05, 0) is 48.6 Å². The quantitative estimate of drug-likeness (QED) is 0.400. The molecule has 0 bridgehead atoms. The molecule has 0 radical (unpaired) electrons. The smallest absolute Gasteiger partial charge is 0.315 e. The van der Waals surface area contributed by atoms with Crippen molar-refractivity contribution in [1.82, 2.24) is 20.5 Å². The van der Waals surface area contributed by atoms with Crippen LogP contribution < -0.4 is 16.4 Å². The average molecular weight is 498 g/mol. The second-order valence-electron chi connectivity index (χ2n) is 9.35. The van der Waals surface area contributed by atoms with Gasteiger partial charge in [-0.15, -0.1) is 0 Å². The third-order valence-corrected chi connectivity index (χ3v) is 6.77. The molecule has 37 heavy (non-hydrogen) atoms. The van der Waals surface area contributed by atoms with Crippen LogP contribution in [0.2, 0.25) is 0 Å². The summed E-state index contributed by atoms with van der Waals surface area (Å²) in [5.41, 5.74) is 8.81. The minimum atomic E-state index is -0.493. The van der Waals surface area contributed by atoms with Crippen LogP contribution in [-0.4, -0.2) is 53.5 Å². The van der Waals surface area contributed by atoms with E-state index < -0.39 is 11.9 Å². The maximum Gasteiger partial charge on any atom is 0.315 e. The van der Waals surface area contributed by atoms with Crippen molar-refractivity contribution < 1.29 is 9.59 Å². The number of amides is 3. The molecule has 0 saturated carbocycles. The summed E-state index contributed by atoms with van der Waals surface area (Å²) in [6.07, 6.45) is 7.77. The van der Waals surface area contributed by atoms with Gasteiger partial charge in [0.05, 0.1) is 17.7 Å². The lowest BCUT2D eigenvalue weighted by molar-refractivity contribution is -0.127. The summed E-state index contributed by atoms with van der Waals surface area (Å²) in [5, 5.41) is 6.61. The number of hydrogen-bond donors (Lipinski definition) is 3. The molecular weight excluding hydrogens is 462 g/mol. The molecule has 3 amide bonds. The van der Waals surface area contributed by atoms with Crippen LogP contribution in [0, 0.1) is 5.92 Å². The number of urea groups is 1. The Kier molecular flexibility index (Phi) is 9.43. The number of piperazine rings is 1. The Morgan fingerprint density at radius 3 is 2.41 bits per heavy atom. The normalized spacial score (nSPS) is 17.3. The van der Waals surface area contributed by atoms with Gasteiger partial charge < -0.3 is 21.3 Å². The van der Waals surface area contributed by atoms with Gasteiger partial charge in [-0.2, -0.15) is 0 Å². The molecule has 7 nitrogen and oxygen atoms in total. The van der Waals surface area contributed by atoms with Crippen molar-refractivity contribution in [3.8, 4) is 0 Å². The van der Waals surface area contributed by atoms with E-state index in [0.717, 1.165) is 24.1 Å². The summed E-state index contributed by atoms with van der Waals surface area (Å²) in [6, 6.07) is 24.9. The fraction of sp³-hybridized carbons (Fsp3) is 0.300. The van der Waals surface area contributed by atoms with E-state index in [-0.39, 0.29) is 18.0 Å². The van der Waals surface area contributed by atoms with Crippen LogP contribution in [0.5, 0.6) is 0 Å². The van der Waals surface area contributed by atoms with E-state index in [1.807, 2.05) is 78.9 Å². The number of primary amides is 1. The standard InChI is InChI=1S/C30H35N5O2/c31-30(37)35-20-19-32-22-28(35)27(21-24-11-5-2-6-12-24)29(36)34-26(15-14-23-9-3-1-4-10-23)17-16-25-13-7-8-18-33-25/h1-13,16-18,26-28,32H,14-15,19-22H2,(H2,31,37)(H,34,36)/b17-16+/t26-,27-,28?/m0/s1. The van der Waals surface area contributed by atoms with Gasteiger partial charge in [-0.3, -0.25) is 9.78 Å². The summed E-state index contributed by atoms with van der Waals surface area (Å²) in [5.74, 6) is -0.544. The minimum absolute atomic E-state index is 0.0902. The molecule has 1 unspecified atom stereocenters. The lowest BCUT2D eigenvalue weighted by Crippen LogP contribution is -2.61. The third kappa shape index (κ3) is 7.75. The number of carbonyl (C=O) groups excluding carboxylic acids is 2. The van der Waals surface area contributed by atoms with Crippen LogP contribution in [0.1, 0.15) is 23.2 Å². The Morgan fingerprint density at radius 2 is 1.73 bits per heavy atom. The molecule has 0 aliphatic carbocycles. The van der Waals surface area contributed by atoms with Crippen molar-refractivity contribution in [2.75, 3.05) is 19.6 Å². The van der Waals surface area contributed by atoms with E-state index in [2.05, 4.69) is 27.8 Å². The van der Waals surface area contributed by atoms with Crippen LogP contribution in [0.3, 0.4) is 0 Å². The zero-order valence-corrected chi connectivity index (χ0v) is 21.0. The monoisotopic (exact) mass is 497 g/mol. The Balaban J connectivity index is 1.56. The summed E-state index contributed by atoms with van der Waals surface area (Å²) in [7, 11) is 0. The molecule has 4 rings (SSSR count). The number of nitrogens with one attached hydrogen (secondary N) is 2. The number of nitrogens with zero attached hydrogens (tertiary/aromatic N) is 2. The van der Waals surface area contributed by atoms with Crippen LogP contribution in [0.15, 0.2) is 91.1 Å². The SMILES string of the molecule is NC(=O)N1CCNCC1[C@H](Cc1ccccc1)C(=O)N[C@H](/C=C/c1ccccn1)CCc1ccccc1. The van der Waals surface area contributed by atoms with Gasteiger partial charge in [0.2, 0.25) is 5.91 Å². The minimum Gasteiger partial charge on any atom is -0.351 e. The molecule has 2 aromatic carbocycles. The predicted molar refractivity (Wildman–Crippen MR) is 147 cm³/mol. The molecule has 1 saturated heterocycles. The summed E-state index contributed by atoms with van der Waals surface area (Å²) in [6.45, 7) is 1.66. The molecule has 1 fully saturated rings. The van der Waals surface area contributed by atoms with E-state index in [1.54, 1.807) is 11.1 Å². The Bertz CT molecular complexity index is 1150. The number of aryl methyl sites for hydroxylation is 1. The highest BCUT2D eigenvalue weighted by atomic mass is 16.2. The number of carbonyl (C=O) groups is 2. The van der Waals surface area contributed by atoms with E-state index in [4.69, 9.17) is 5.73 Å². The first-order valence-corrected chi connectivity index (χ1v) is 12.8. The van der Waals surface area contributed by atoms with Gasteiger partial charge in [0.15, 0.2) is 0 Å². The van der Waals surface area contributed by atoms with Gasteiger partial charge in [0, 0.05) is 31.9 Å². The van der Waals surface area contributed by atoms with Crippen molar-refractivity contribution in [3.05, 3.63) is 108 Å². The van der Waals surface area contributed by atoms with Crippen molar-refractivity contribution in [3.63, 3.8) is 0 Å². The summed E-state index contributed by atoms with van der Waals surface area (Å²) in [4.78, 5) is 32.1. The van der Waals surface area contributed by atoms with Gasteiger partial charge in [0.25, 0.3) is 0 Å². The zero-order valence-electron chi connectivity index (χ0n) is 21.0. The molecule has 0 spiro atoms. The fourth-order valence-corrected chi connectivity index (χ4v) is 4.79. The highest BCUT2D eigenvalue weighted by molar-refractivity contribution is 5.82. The van der Waals surface area contributed by atoms with E-state index in [9.17, 15) is 9.59 Å². The molecule has 3 atom stereocenters. The van der Waals surface area contributed by atoms with Crippen LogP contribution in [0.4, 0.5) is 4.79 Å². The Labute approximate surface area is 218 Å². The van der Waals surface area contributed by atoms with E-state index >= 15 is 0 Å². The summed E-state index contributed by atoms with van der Waals surface area (Å²) < 4.78 is 0. The number of aromatic nitrogens is 1. The lowest BCUT2D eigenvalue weighted by atomic mass is 9.88. The molecule has 1 aliphatic rings. The Hall–Kier alpha value is -3.97. The molecule has 7 heteroatoms. The van der Waals surface area contributed by atoms with Crippen molar-refractivity contribution in [1.29, 1.82) is 0 Å². The molecule has 4 N–H and O–H groups in total. The maximum atomic E-state index is 13.9. The lowest BCUT2D eigenvalue weighted by Gasteiger charge is -2.39. The predicted octanol–water partition coefficient (Wildman–Crippen LogP) is 3.42. The Morgan fingerprint density at radius 1 is 1.03 bits per heavy atom. The topological polar surface area (TPSA) is 100 Å². The van der Waals surface area contributed by atoms with Gasteiger partial charge in [0.1, 0.15) is 0 Å². The maximum absolute atomic E-state index is 13.9. The molecular formula is C30H35N5O2. The zero-order chi connectivity index (χ0) is 25.9.